The molecule has 1 aromatic rings. The van der Waals surface area contributed by atoms with Gasteiger partial charge in [0, 0.05) is 15.0 Å². The van der Waals surface area contributed by atoms with E-state index in [1.165, 1.54) is 6.42 Å². The molecule has 0 bridgehead atoms. The van der Waals surface area contributed by atoms with Crippen LogP contribution in [-0.4, -0.2) is 17.3 Å². The molecule has 0 spiro atoms. The van der Waals surface area contributed by atoms with Crippen molar-refractivity contribution in [2.24, 2.45) is 0 Å². The van der Waals surface area contributed by atoms with Crippen LogP contribution in [0.25, 0.3) is 0 Å². The Bertz CT molecular complexity index is 467. The number of hydrogen-bond donors (Lipinski definition) is 1. The molecule has 2 unspecified atom stereocenters. The van der Waals surface area contributed by atoms with Crippen molar-refractivity contribution in [2.45, 2.75) is 43.5 Å². The second kappa shape index (κ2) is 7.09. The highest BCUT2D eigenvalue weighted by molar-refractivity contribution is 9.11. The summed E-state index contributed by atoms with van der Waals surface area (Å²) < 4.78 is 1.74. The van der Waals surface area contributed by atoms with E-state index >= 15 is 0 Å². The van der Waals surface area contributed by atoms with Gasteiger partial charge in [-0.05, 0) is 47.0 Å². The topological polar surface area (TPSA) is 29.1 Å². The molecule has 0 heterocycles. The van der Waals surface area contributed by atoms with Gasteiger partial charge in [0.1, 0.15) is 0 Å². The Kier molecular flexibility index (Phi) is 5.72. The van der Waals surface area contributed by atoms with Crippen molar-refractivity contribution in [3.8, 4) is 0 Å². The van der Waals surface area contributed by atoms with Crippen molar-refractivity contribution in [1.82, 2.24) is 5.32 Å². The molecular formula is C14H16Br2ClNO. The van der Waals surface area contributed by atoms with E-state index in [0.29, 0.717) is 5.56 Å². The fraction of sp³-hybridized carbons (Fsp3) is 0.500. The predicted molar refractivity (Wildman–Crippen MR) is 85.8 cm³/mol. The molecule has 1 N–H and O–H groups in total. The quantitative estimate of drug-likeness (QED) is 0.547. The lowest BCUT2D eigenvalue weighted by molar-refractivity contribution is 0.0933. The van der Waals surface area contributed by atoms with Gasteiger partial charge in [-0.3, -0.25) is 4.79 Å². The summed E-state index contributed by atoms with van der Waals surface area (Å²) >= 11 is 13.1. The lowest BCUT2D eigenvalue weighted by Crippen LogP contribution is -2.40. The van der Waals surface area contributed by atoms with Crippen molar-refractivity contribution in [3.05, 3.63) is 32.7 Å². The van der Waals surface area contributed by atoms with E-state index < -0.39 is 0 Å². The molecule has 0 aliphatic heterocycles. The Labute approximate surface area is 135 Å². The summed E-state index contributed by atoms with van der Waals surface area (Å²) in [6, 6.07) is 5.63. The second-order valence-electron chi connectivity index (χ2n) is 4.86. The zero-order valence-electron chi connectivity index (χ0n) is 10.5. The average molecular weight is 410 g/mol. The van der Waals surface area contributed by atoms with E-state index in [-0.39, 0.29) is 17.3 Å². The number of rotatable bonds is 2. The van der Waals surface area contributed by atoms with Crippen LogP contribution in [0.2, 0.25) is 0 Å². The lowest BCUT2D eigenvalue weighted by Gasteiger charge is -2.21. The zero-order chi connectivity index (χ0) is 13.8. The van der Waals surface area contributed by atoms with Crippen LogP contribution in [0, 0.1) is 0 Å². The highest BCUT2D eigenvalue weighted by Crippen LogP contribution is 2.25. The SMILES string of the molecule is O=C(NC1CCCCCC1Cl)c1ccc(Br)cc1Br. The van der Waals surface area contributed by atoms with Gasteiger partial charge in [-0.2, -0.15) is 0 Å². The second-order valence-corrected chi connectivity index (χ2v) is 7.19. The number of benzene rings is 1. The predicted octanol–water partition coefficient (Wildman–Crippen LogP) is 4.88. The van der Waals surface area contributed by atoms with Gasteiger partial charge in [-0.1, -0.05) is 35.2 Å². The van der Waals surface area contributed by atoms with Crippen LogP contribution in [0.1, 0.15) is 42.5 Å². The monoisotopic (exact) mass is 407 g/mol. The van der Waals surface area contributed by atoms with Crippen molar-refractivity contribution in [3.63, 3.8) is 0 Å². The third-order valence-electron chi connectivity index (χ3n) is 3.42. The minimum absolute atomic E-state index is 0.0423. The first-order valence-corrected chi connectivity index (χ1v) is 8.50. The van der Waals surface area contributed by atoms with Crippen LogP contribution in [0.3, 0.4) is 0 Å². The van der Waals surface area contributed by atoms with Crippen LogP contribution < -0.4 is 5.32 Å². The van der Waals surface area contributed by atoms with Crippen LogP contribution in [0.5, 0.6) is 0 Å². The van der Waals surface area contributed by atoms with Crippen LogP contribution in [0.15, 0.2) is 27.1 Å². The number of hydrogen-bond acceptors (Lipinski definition) is 1. The molecule has 2 nitrogen and oxygen atoms in total. The van der Waals surface area contributed by atoms with Gasteiger partial charge in [-0.25, -0.2) is 0 Å². The maximum absolute atomic E-state index is 12.3. The fourth-order valence-corrected chi connectivity index (χ4v) is 3.92. The summed E-state index contributed by atoms with van der Waals surface area (Å²) in [6.07, 6.45) is 5.44. The maximum atomic E-state index is 12.3. The largest absolute Gasteiger partial charge is 0.348 e. The van der Waals surface area contributed by atoms with Crippen molar-refractivity contribution >= 4 is 49.4 Å². The minimum atomic E-state index is -0.0584. The first-order valence-electron chi connectivity index (χ1n) is 6.48. The number of nitrogens with one attached hydrogen (secondary N) is 1. The molecule has 1 saturated carbocycles. The van der Waals surface area contributed by atoms with Gasteiger partial charge in [0.2, 0.25) is 0 Å². The number of amides is 1. The Morgan fingerprint density at radius 1 is 1.21 bits per heavy atom. The summed E-state index contributed by atoms with van der Waals surface area (Å²) in [5.41, 5.74) is 0.649. The third kappa shape index (κ3) is 4.20. The molecule has 1 fully saturated rings. The van der Waals surface area contributed by atoms with Gasteiger partial charge in [-0.15, -0.1) is 11.6 Å². The summed E-state index contributed by atoms with van der Waals surface area (Å²) in [5, 5.41) is 3.11. The Morgan fingerprint density at radius 3 is 2.68 bits per heavy atom. The van der Waals surface area contributed by atoms with Gasteiger partial charge < -0.3 is 5.32 Å². The van der Waals surface area contributed by atoms with E-state index in [0.717, 1.165) is 34.6 Å². The molecule has 0 radical (unpaired) electrons. The fourth-order valence-electron chi connectivity index (χ4n) is 2.34. The van der Waals surface area contributed by atoms with E-state index in [1.54, 1.807) is 0 Å². The molecule has 0 saturated heterocycles. The van der Waals surface area contributed by atoms with Gasteiger partial charge in [0.05, 0.1) is 10.9 Å². The van der Waals surface area contributed by atoms with Crippen LogP contribution in [0.4, 0.5) is 0 Å². The van der Waals surface area contributed by atoms with Gasteiger partial charge in [0.25, 0.3) is 5.91 Å². The van der Waals surface area contributed by atoms with Crippen molar-refractivity contribution in [2.75, 3.05) is 0 Å². The van der Waals surface area contributed by atoms with E-state index in [1.807, 2.05) is 18.2 Å². The molecular weight excluding hydrogens is 393 g/mol. The Morgan fingerprint density at radius 2 is 1.95 bits per heavy atom. The number of carbonyl (C=O) groups is 1. The van der Waals surface area contributed by atoms with Crippen LogP contribution in [-0.2, 0) is 0 Å². The first-order chi connectivity index (χ1) is 9.08. The maximum Gasteiger partial charge on any atom is 0.252 e. The highest BCUT2D eigenvalue weighted by Gasteiger charge is 2.24. The zero-order valence-corrected chi connectivity index (χ0v) is 14.4. The van der Waals surface area contributed by atoms with E-state index in [2.05, 4.69) is 37.2 Å². The summed E-state index contributed by atoms with van der Waals surface area (Å²) in [6.45, 7) is 0. The molecule has 1 aromatic carbocycles. The summed E-state index contributed by atoms with van der Waals surface area (Å²) in [7, 11) is 0. The first kappa shape index (κ1) is 15.3. The molecule has 1 amide bonds. The van der Waals surface area contributed by atoms with Crippen LogP contribution >= 0.6 is 43.5 Å². The molecule has 1 aliphatic rings. The van der Waals surface area contributed by atoms with Crippen molar-refractivity contribution in [1.29, 1.82) is 0 Å². The molecule has 0 aromatic heterocycles. The minimum Gasteiger partial charge on any atom is -0.348 e. The molecule has 2 atom stereocenters. The lowest BCUT2D eigenvalue weighted by atomic mass is 10.1. The number of alkyl halides is 1. The molecule has 104 valence electrons. The average Bonchev–Trinajstić information content (AvgIpc) is 2.55. The third-order valence-corrected chi connectivity index (χ3v) is 5.10. The molecule has 2 rings (SSSR count). The highest BCUT2D eigenvalue weighted by atomic mass is 79.9. The summed E-state index contributed by atoms with van der Waals surface area (Å²) in [5.74, 6) is -0.0584. The normalized spacial score (nSPS) is 23.7. The van der Waals surface area contributed by atoms with E-state index in [4.69, 9.17) is 11.6 Å². The number of carbonyl (C=O) groups excluding carboxylic acids is 1. The van der Waals surface area contributed by atoms with Gasteiger partial charge >= 0.3 is 0 Å². The Hall–Kier alpha value is -0.0600. The van der Waals surface area contributed by atoms with E-state index in [9.17, 15) is 4.79 Å². The molecule has 5 heteroatoms. The Balaban J connectivity index is 2.07. The molecule has 1 aliphatic carbocycles. The summed E-state index contributed by atoms with van der Waals surface area (Å²) in [4.78, 5) is 12.3. The standard InChI is InChI=1S/C14H16Br2ClNO/c15-9-6-7-10(11(16)8-9)14(19)18-13-5-3-1-2-4-12(13)17/h6-8,12-13H,1-5H2,(H,18,19). The van der Waals surface area contributed by atoms with Gasteiger partial charge in [0.15, 0.2) is 0 Å². The molecule has 19 heavy (non-hydrogen) atoms. The smallest absolute Gasteiger partial charge is 0.252 e. The van der Waals surface area contributed by atoms with Crippen molar-refractivity contribution < 1.29 is 4.79 Å². The number of halogens is 3.